The molecule has 0 unspecified atom stereocenters. The van der Waals surface area contributed by atoms with Gasteiger partial charge in [0.25, 0.3) is 0 Å². The standard InChI is InChI=1S/C11H14O2.Ce/c1-2-3-6-9-7-4-5-8-10(9)11(12)13;/h4-5,7-8H,2-3,6H2,1H3,(H,12,13);. The zero-order valence-corrected chi connectivity index (χ0v) is 11.4. The molecule has 0 heterocycles. The molecule has 1 N–H and O–H groups in total. The van der Waals surface area contributed by atoms with Crippen molar-refractivity contribution < 1.29 is 51.6 Å². The number of aryl methyl sites for hydroxylation is 1. The molecule has 0 spiro atoms. The Kier molecular flexibility index (Phi) is 7.41. The van der Waals surface area contributed by atoms with Crippen molar-refractivity contribution in [2.75, 3.05) is 0 Å². The smallest absolute Gasteiger partial charge is 0.335 e. The number of benzene rings is 1. The van der Waals surface area contributed by atoms with Gasteiger partial charge in [-0.25, -0.2) is 4.79 Å². The molecule has 0 aromatic heterocycles. The summed E-state index contributed by atoms with van der Waals surface area (Å²) in [6, 6.07) is 7.20. The molecule has 3 heteroatoms. The molecule has 1 aromatic rings. The molecule has 0 aliphatic rings. The van der Waals surface area contributed by atoms with Gasteiger partial charge in [0.2, 0.25) is 0 Å². The fraction of sp³-hybridized carbons (Fsp3) is 0.364. The molecule has 0 atom stereocenters. The molecule has 0 aliphatic carbocycles. The largest absolute Gasteiger partial charge is 0.478 e. The van der Waals surface area contributed by atoms with Crippen molar-refractivity contribution in [1.29, 1.82) is 0 Å². The van der Waals surface area contributed by atoms with Crippen molar-refractivity contribution in [3.63, 3.8) is 0 Å². The van der Waals surface area contributed by atoms with Gasteiger partial charge in [0.1, 0.15) is 0 Å². The Balaban J connectivity index is 0.00000169. The number of carboxylic acid groups (broad SMARTS) is 1. The predicted molar refractivity (Wildman–Crippen MR) is 52.0 cm³/mol. The van der Waals surface area contributed by atoms with Crippen molar-refractivity contribution in [3.8, 4) is 0 Å². The van der Waals surface area contributed by atoms with Crippen molar-refractivity contribution in [3.05, 3.63) is 35.4 Å². The first-order chi connectivity index (χ1) is 6.25. The molecule has 0 amide bonds. The second kappa shape index (κ2) is 7.37. The summed E-state index contributed by atoms with van der Waals surface area (Å²) in [5, 5.41) is 8.86. The average molecular weight is 318 g/mol. The van der Waals surface area contributed by atoms with Crippen LogP contribution in [0.5, 0.6) is 0 Å². The van der Waals surface area contributed by atoms with Gasteiger partial charge in [0, 0.05) is 41.7 Å². The van der Waals surface area contributed by atoms with Crippen LogP contribution >= 0.6 is 0 Å². The number of carbonyl (C=O) groups is 1. The molecular formula is C11H14CeO2. The first kappa shape index (κ1) is 14.1. The monoisotopic (exact) mass is 318 g/mol. The summed E-state index contributed by atoms with van der Waals surface area (Å²) in [5.74, 6) is -0.827. The Bertz CT molecular complexity index is 297. The van der Waals surface area contributed by atoms with Gasteiger partial charge >= 0.3 is 5.97 Å². The molecule has 14 heavy (non-hydrogen) atoms. The Labute approximate surface area is 118 Å². The summed E-state index contributed by atoms with van der Waals surface area (Å²) in [7, 11) is 0. The van der Waals surface area contributed by atoms with Gasteiger partial charge in [0.05, 0.1) is 5.56 Å². The Morgan fingerprint density at radius 1 is 1.36 bits per heavy atom. The molecule has 1 rings (SSSR count). The number of hydrogen-bond acceptors (Lipinski definition) is 1. The molecule has 0 bridgehead atoms. The van der Waals surface area contributed by atoms with E-state index in [0.29, 0.717) is 5.56 Å². The molecule has 1 aromatic carbocycles. The molecule has 0 aliphatic heterocycles. The predicted octanol–water partition coefficient (Wildman–Crippen LogP) is 2.73. The quantitative estimate of drug-likeness (QED) is 0.927. The normalized spacial score (nSPS) is 9.21. The summed E-state index contributed by atoms with van der Waals surface area (Å²) in [6.45, 7) is 2.10. The van der Waals surface area contributed by atoms with Crippen LogP contribution in [0.25, 0.3) is 0 Å². The van der Waals surface area contributed by atoms with Gasteiger partial charge in [-0.1, -0.05) is 31.5 Å². The molecule has 0 radical (unpaired) electrons. The second-order valence-electron chi connectivity index (χ2n) is 3.07. The fourth-order valence-electron chi connectivity index (χ4n) is 1.31. The van der Waals surface area contributed by atoms with E-state index in [0.717, 1.165) is 24.8 Å². The van der Waals surface area contributed by atoms with E-state index in [1.807, 2.05) is 12.1 Å². The first-order valence-corrected chi connectivity index (χ1v) is 4.57. The van der Waals surface area contributed by atoms with Gasteiger partial charge < -0.3 is 5.11 Å². The minimum absolute atomic E-state index is 0. The zero-order valence-electron chi connectivity index (χ0n) is 8.29. The number of aromatic carboxylic acids is 1. The van der Waals surface area contributed by atoms with E-state index < -0.39 is 5.97 Å². The van der Waals surface area contributed by atoms with Crippen LogP contribution in [-0.2, 0) is 6.42 Å². The Hall–Kier alpha value is 0.0666. The van der Waals surface area contributed by atoms with Crippen LogP contribution in [0.1, 0.15) is 35.7 Å². The van der Waals surface area contributed by atoms with Crippen molar-refractivity contribution in [1.82, 2.24) is 0 Å². The van der Waals surface area contributed by atoms with Crippen LogP contribution in [0.2, 0.25) is 0 Å². The maximum atomic E-state index is 10.8. The van der Waals surface area contributed by atoms with E-state index in [2.05, 4.69) is 6.92 Å². The fourth-order valence-corrected chi connectivity index (χ4v) is 1.31. The Morgan fingerprint density at radius 2 is 2.00 bits per heavy atom. The average Bonchev–Trinajstić information content (AvgIpc) is 2.15. The SMILES string of the molecule is CCCCc1ccccc1C(=O)O.[Ce]. The van der Waals surface area contributed by atoms with Crippen LogP contribution < -0.4 is 0 Å². The maximum absolute atomic E-state index is 10.8. The number of hydrogen-bond donors (Lipinski definition) is 1. The minimum atomic E-state index is -0.827. The van der Waals surface area contributed by atoms with Crippen LogP contribution in [-0.4, -0.2) is 11.1 Å². The van der Waals surface area contributed by atoms with Gasteiger partial charge in [-0.05, 0) is 24.5 Å². The number of rotatable bonds is 4. The van der Waals surface area contributed by atoms with E-state index in [9.17, 15) is 4.79 Å². The summed E-state index contributed by atoms with van der Waals surface area (Å²) < 4.78 is 0. The summed E-state index contributed by atoms with van der Waals surface area (Å²) in [6.07, 6.45) is 3.00. The minimum Gasteiger partial charge on any atom is -0.478 e. The summed E-state index contributed by atoms with van der Waals surface area (Å²) >= 11 is 0. The van der Waals surface area contributed by atoms with Gasteiger partial charge in [-0.2, -0.15) is 0 Å². The molecular weight excluding hydrogens is 304 g/mol. The third-order valence-electron chi connectivity index (χ3n) is 2.05. The van der Waals surface area contributed by atoms with E-state index in [1.54, 1.807) is 12.1 Å². The topological polar surface area (TPSA) is 37.3 Å². The number of carboxylic acids is 1. The van der Waals surface area contributed by atoms with Gasteiger partial charge in [-0.15, -0.1) is 0 Å². The zero-order chi connectivity index (χ0) is 9.68. The molecule has 2 nitrogen and oxygen atoms in total. The molecule has 74 valence electrons. The van der Waals surface area contributed by atoms with Gasteiger partial charge in [-0.3, -0.25) is 0 Å². The Morgan fingerprint density at radius 3 is 2.57 bits per heavy atom. The summed E-state index contributed by atoms with van der Waals surface area (Å²) in [4.78, 5) is 10.8. The van der Waals surface area contributed by atoms with Crippen molar-refractivity contribution >= 4 is 5.97 Å². The van der Waals surface area contributed by atoms with Crippen LogP contribution in [0.15, 0.2) is 24.3 Å². The van der Waals surface area contributed by atoms with Crippen LogP contribution in [0.4, 0.5) is 0 Å². The van der Waals surface area contributed by atoms with Gasteiger partial charge in [0.15, 0.2) is 0 Å². The first-order valence-electron chi connectivity index (χ1n) is 4.57. The third-order valence-corrected chi connectivity index (χ3v) is 2.05. The molecule has 0 saturated carbocycles. The van der Waals surface area contributed by atoms with Crippen molar-refractivity contribution in [2.24, 2.45) is 0 Å². The third kappa shape index (κ3) is 4.07. The van der Waals surface area contributed by atoms with E-state index in [4.69, 9.17) is 5.11 Å². The summed E-state index contributed by atoms with van der Waals surface area (Å²) in [5.41, 5.74) is 1.38. The number of unbranched alkanes of at least 4 members (excludes halogenated alkanes) is 1. The van der Waals surface area contributed by atoms with Crippen molar-refractivity contribution in [2.45, 2.75) is 26.2 Å². The van der Waals surface area contributed by atoms with Crippen LogP contribution in [0.3, 0.4) is 0 Å². The molecule has 0 saturated heterocycles. The van der Waals surface area contributed by atoms with E-state index in [-0.39, 0.29) is 41.7 Å². The van der Waals surface area contributed by atoms with Crippen LogP contribution in [0, 0.1) is 41.7 Å². The second-order valence-corrected chi connectivity index (χ2v) is 3.07. The molecule has 0 fully saturated rings. The van der Waals surface area contributed by atoms with E-state index >= 15 is 0 Å². The maximum Gasteiger partial charge on any atom is 0.335 e. The van der Waals surface area contributed by atoms with E-state index in [1.165, 1.54) is 0 Å².